The molecule has 1 aliphatic heterocycles. The van der Waals surface area contributed by atoms with Gasteiger partial charge in [-0.15, -0.1) is 11.8 Å². The molecule has 1 saturated heterocycles. The first-order valence-corrected chi connectivity index (χ1v) is 7.63. The Labute approximate surface area is 123 Å². The van der Waals surface area contributed by atoms with E-state index in [9.17, 15) is 9.59 Å². The molecule has 1 fully saturated rings. The summed E-state index contributed by atoms with van der Waals surface area (Å²) in [6, 6.07) is 7.29. The van der Waals surface area contributed by atoms with Crippen LogP contribution in [0.2, 0.25) is 0 Å². The molecule has 0 aliphatic carbocycles. The molecule has 1 aromatic rings. The van der Waals surface area contributed by atoms with Crippen molar-refractivity contribution in [3.05, 3.63) is 29.8 Å². The minimum Gasteiger partial charge on any atom is -0.349 e. The number of hydrogen-bond donors (Lipinski definition) is 2. The van der Waals surface area contributed by atoms with Crippen LogP contribution in [-0.2, 0) is 16.0 Å². The Balaban J connectivity index is 1.91. The predicted octanol–water partition coefficient (Wildman–Crippen LogP) is 0.918. The number of thioether (sulfide) groups is 1. The van der Waals surface area contributed by atoms with Gasteiger partial charge in [-0.2, -0.15) is 0 Å². The van der Waals surface area contributed by atoms with Gasteiger partial charge in [0, 0.05) is 31.4 Å². The van der Waals surface area contributed by atoms with Crippen LogP contribution in [0, 0.1) is 0 Å². The van der Waals surface area contributed by atoms with E-state index in [-0.39, 0.29) is 17.9 Å². The lowest BCUT2D eigenvalue weighted by Gasteiger charge is -2.12. The number of nitrogens with one attached hydrogen (secondary N) is 2. The summed E-state index contributed by atoms with van der Waals surface area (Å²) >= 11 is 1.72. The molecule has 0 saturated carbocycles. The van der Waals surface area contributed by atoms with Crippen molar-refractivity contribution in [2.75, 3.05) is 31.0 Å². The quantitative estimate of drug-likeness (QED) is 0.866. The number of benzene rings is 1. The Bertz CT molecular complexity index is 482. The highest BCUT2D eigenvalue weighted by atomic mass is 32.2. The van der Waals surface area contributed by atoms with Crippen molar-refractivity contribution in [3.63, 3.8) is 0 Å². The summed E-state index contributed by atoms with van der Waals surface area (Å²) in [6.07, 6.45) is 0.377. The summed E-state index contributed by atoms with van der Waals surface area (Å²) in [4.78, 5) is 25.1. The molecular formula is C14H19N3O2S. The van der Waals surface area contributed by atoms with Crippen LogP contribution in [0.4, 0.5) is 5.69 Å². The lowest BCUT2D eigenvalue weighted by Crippen LogP contribution is -2.37. The second-order valence-corrected chi connectivity index (χ2v) is 5.95. The summed E-state index contributed by atoms with van der Waals surface area (Å²) in [6.45, 7) is 0. The molecule has 2 rings (SSSR count). The molecule has 1 aliphatic rings. The first-order chi connectivity index (χ1) is 9.56. The average Bonchev–Trinajstić information content (AvgIpc) is 2.95. The number of amides is 2. The Morgan fingerprint density at radius 2 is 2.05 bits per heavy atom. The third-order valence-corrected chi connectivity index (χ3v) is 4.05. The molecule has 0 bridgehead atoms. The summed E-state index contributed by atoms with van der Waals surface area (Å²) in [5.74, 6) is 1.69. The summed E-state index contributed by atoms with van der Waals surface area (Å²) in [5, 5.41) is 6.00. The molecule has 20 heavy (non-hydrogen) atoms. The molecule has 1 heterocycles. The minimum absolute atomic E-state index is 0.00730. The van der Waals surface area contributed by atoms with E-state index in [2.05, 4.69) is 10.6 Å². The average molecular weight is 293 g/mol. The lowest BCUT2D eigenvalue weighted by molar-refractivity contribution is -0.128. The molecule has 6 heteroatoms. The van der Waals surface area contributed by atoms with Gasteiger partial charge < -0.3 is 10.2 Å². The second-order valence-electron chi connectivity index (χ2n) is 4.92. The second kappa shape index (κ2) is 6.76. The highest BCUT2D eigenvalue weighted by molar-refractivity contribution is 7.99. The number of carbonyl (C=O) groups is 2. The molecule has 2 N–H and O–H groups in total. The van der Waals surface area contributed by atoms with Crippen LogP contribution in [0.25, 0.3) is 0 Å². The topological polar surface area (TPSA) is 61.4 Å². The van der Waals surface area contributed by atoms with Gasteiger partial charge in [0.05, 0.1) is 12.5 Å². The zero-order chi connectivity index (χ0) is 14.5. The van der Waals surface area contributed by atoms with Crippen LogP contribution in [0.1, 0.15) is 5.56 Å². The maximum atomic E-state index is 11.9. The van der Waals surface area contributed by atoms with Gasteiger partial charge in [-0.3, -0.25) is 14.9 Å². The molecule has 108 valence electrons. The molecule has 0 radical (unpaired) electrons. The Kier molecular flexibility index (Phi) is 5.03. The van der Waals surface area contributed by atoms with Crippen LogP contribution in [0.3, 0.4) is 0 Å². The van der Waals surface area contributed by atoms with Crippen LogP contribution in [-0.4, -0.2) is 48.5 Å². The molecule has 2 amide bonds. The van der Waals surface area contributed by atoms with Crippen molar-refractivity contribution in [1.82, 2.24) is 10.2 Å². The number of hydrogen-bond acceptors (Lipinski definition) is 4. The highest BCUT2D eigenvalue weighted by Crippen LogP contribution is 2.14. The summed E-state index contributed by atoms with van der Waals surface area (Å²) in [7, 11) is 3.48. The van der Waals surface area contributed by atoms with Crippen molar-refractivity contribution in [2.45, 2.75) is 12.5 Å². The fraction of sp³-hybridized carbons (Fsp3) is 0.429. The van der Waals surface area contributed by atoms with E-state index in [0.29, 0.717) is 6.42 Å². The Morgan fingerprint density at radius 1 is 1.35 bits per heavy atom. The molecule has 1 atom stereocenters. The fourth-order valence-electron chi connectivity index (χ4n) is 1.83. The number of nitrogens with zero attached hydrogens (tertiary/aromatic N) is 1. The predicted molar refractivity (Wildman–Crippen MR) is 81.7 cm³/mol. The molecular weight excluding hydrogens is 274 g/mol. The Morgan fingerprint density at radius 3 is 2.60 bits per heavy atom. The third-order valence-electron chi connectivity index (χ3n) is 3.11. The van der Waals surface area contributed by atoms with Gasteiger partial charge in [0.1, 0.15) is 0 Å². The zero-order valence-corrected chi connectivity index (χ0v) is 12.5. The first kappa shape index (κ1) is 14.9. The summed E-state index contributed by atoms with van der Waals surface area (Å²) < 4.78 is 0. The summed E-state index contributed by atoms with van der Waals surface area (Å²) in [5.41, 5.74) is 1.70. The molecule has 0 aromatic heterocycles. The van der Waals surface area contributed by atoms with Gasteiger partial charge in [-0.1, -0.05) is 12.1 Å². The van der Waals surface area contributed by atoms with Gasteiger partial charge in [-0.25, -0.2) is 0 Å². The Hall–Kier alpha value is -1.53. The number of carbonyl (C=O) groups excluding carboxylic acids is 2. The number of anilines is 1. The number of rotatable bonds is 4. The molecule has 5 nitrogen and oxygen atoms in total. The van der Waals surface area contributed by atoms with Crippen molar-refractivity contribution < 1.29 is 9.59 Å². The van der Waals surface area contributed by atoms with Crippen LogP contribution in [0.15, 0.2) is 24.3 Å². The third kappa shape index (κ3) is 3.98. The lowest BCUT2D eigenvalue weighted by atomic mass is 10.1. The highest BCUT2D eigenvalue weighted by Gasteiger charge is 2.22. The van der Waals surface area contributed by atoms with E-state index in [1.165, 1.54) is 0 Å². The van der Waals surface area contributed by atoms with Crippen molar-refractivity contribution in [3.8, 4) is 0 Å². The molecule has 0 spiro atoms. The van der Waals surface area contributed by atoms with Gasteiger partial charge >= 0.3 is 0 Å². The maximum Gasteiger partial charge on any atom is 0.242 e. The normalized spacial score (nSPS) is 17.8. The van der Waals surface area contributed by atoms with E-state index in [1.54, 1.807) is 30.8 Å². The van der Waals surface area contributed by atoms with E-state index >= 15 is 0 Å². The van der Waals surface area contributed by atoms with Crippen molar-refractivity contribution in [2.24, 2.45) is 0 Å². The van der Waals surface area contributed by atoms with Crippen molar-refractivity contribution in [1.29, 1.82) is 0 Å². The largest absolute Gasteiger partial charge is 0.349 e. The zero-order valence-electron chi connectivity index (χ0n) is 11.7. The SMILES string of the molecule is CN(C)C(=O)Cc1ccc(NC(=O)C2CSCN2)cc1. The van der Waals surface area contributed by atoms with Crippen LogP contribution < -0.4 is 10.6 Å². The smallest absolute Gasteiger partial charge is 0.242 e. The monoisotopic (exact) mass is 293 g/mol. The van der Waals surface area contributed by atoms with Crippen LogP contribution >= 0.6 is 11.8 Å². The maximum absolute atomic E-state index is 11.9. The van der Waals surface area contributed by atoms with E-state index < -0.39 is 0 Å². The standard InChI is InChI=1S/C14H19N3O2S/c1-17(2)13(18)7-10-3-5-11(6-4-10)16-14(19)12-8-20-9-15-12/h3-6,12,15H,7-9H2,1-2H3,(H,16,19). The van der Waals surface area contributed by atoms with E-state index in [1.807, 2.05) is 24.3 Å². The van der Waals surface area contributed by atoms with E-state index in [4.69, 9.17) is 0 Å². The van der Waals surface area contributed by atoms with Gasteiger partial charge in [0.2, 0.25) is 11.8 Å². The molecule has 1 aromatic carbocycles. The van der Waals surface area contributed by atoms with Crippen LogP contribution in [0.5, 0.6) is 0 Å². The van der Waals surface area contributed by atoms with Crippen molar-refractivity contribution >= 4 is 29.3 Å². The minimum atomic E-state index is -0.116. The van der Waals surface area contributed by atoms with Gasteiger partial charge in [-0.05, 0) is 17.7 Å². The van der Waals surface area contributed by atoms with Gasteiger partial charge in [0.25, 0.3) is 0 Å². The molecule has 1 unspecified atom stereocenters. The fourth-order valence-corrected chi connectivity index (χ4v) is 2.77. The van der Waals surface area contributed by atoms with Gasteiger partial charge in [0.15, 0.2) is 0 Å². The van der Waals surface area contributed by atoms with E-state index in [0.717, 1.165) is 22.9 Å². The first-order valence-electron chi connectivity index (χ1n) is 6.47. The number of likely N-dealkylation sites (N-methyl/N-ethyl adjacent to an activating group) is 1.